The van der Waals surface area contributed by atoms with Crippen molar-refractivity contribution in [2.45, 2.75) is 27.3 Å². The molecule has 68 valence electrons. The number of furan rings is 1. The van der Waals surface area contributed by atoms with E-state index in [2.05, 4.69) is 18.7 Å². The molecule has 0 N–H and O–H groups in total. The molecule has 1 rings (SSSR count). The third-order valence-electron chi connectivity index (χ3n) is 2.07. The van der Waals surface area contributed by atoms with E-state index in [0.717, 1.165) is 31.2 Å². The van der Waals surface area contributed by atoms with E-state index in [1.165, 1.54) is 0 Å². The summed E-state index contributed by atoms with van der Waals surface area (Å²) in [4.78, 5) is 2.33. The van der Waals surface area contributed by atoms with Gasteiger partial charge in [-0.1, -0.05) is 13.8 Å². The van der Waals surface area contributed by atoms with Crippen LogP contribution in [0.2, 0.25) is 0 Å². The molecule has 1 aromatic rings. The summed E-state index contributed by atoms with van der Waals surface area (Å²) in [5, 5.41) is 0. The van der Waals surface area contributed by atoms with Crippen LogP contribution in [0.1, 0.15) is 25.4 Å². The summed E-state index contributed by atoms with van der Waals surface area (Å²) in [5.41, 5.74) is 0. The third-order valence-corrected chi connectivity index (χ3v) is 2.07. The molecule has 0 fully saturated rings. The first-order chi connectivity index (χ1) is 5.76. The number of nitrogens with zero attached hydrogens (tertiary/aromatic N) is 1. The van der Waals surface area contributed by atoms with Gasteiger partial charge in [0.15, 0.2) is 0 Å². The van der Waals surface area contributed by atoms with Crippen LogP contribution in [0.3, 0.4) is 0 Å². The molecule has 0 atom stereocenters. The molecule has 0 aliphatic carbocycles. The summed E-state index contributed by atoms with van der Waals surface area (Å²) in [6, 6.07) is 4.06. The molecule has 1 heterocycles. The van der Waals surface area contributed by atoms with Gasteiger partial charge in [0.25, 0.3) is 0 Å². The highest BCUT2D eigenvalue weighted by Gasteiger charge is 2.03. The van der Waals surface area contributed by atoms with Crippen molar-refractivity contribution in [3.63, 3.8) is 0 Å². The predicted octanol–water partition coefficient (Wildman–Crippen LogP) is 2.43. The molecule has 0 saturated heterocycles. The van der Waals surface area contributed by atoms with Gasteiger partial charge < -0.3 is 4.42 Å². The maximum atomic E-state index is 5.48. The van der Waals surface area contributed by atoms with E-state index in [9.17, 15) is 0 Å². The minimum atomic E-state index is 0.931. The van der Waals surface area contributed by atoms with Gasteiger partial charge in [-0.05, 0) is 32.1 Å². The normalized spacial score (nSPS) is 11.0. The van der Waals surface area contributed by atoms with Crippen molar-refractivity contribution in [1.82, 2.24) is 4.90 Å². The smallest absolute Gasteiger partial charge is 0.118 e. The Morgan fingerprint density at radius 3 is 2.33 bits per heavy atom. The Morgan fingerprint density at radius 1 is 1.25 bits per heavy atom. The standard InChI is InChI=1S/C10H17NO/c1-4-11(5-2)8-10-7-6-9(3)12-10/h6-7H,4-5,8H2,1-3H3. The molecule has 0 bridgehead atoms. The third kappa shape index (κ3) is 2.38. The van der Waals surface area contributed by atoms with E-state index < -0.39 is 0 Å². The van der Waals surface area contributed by atoms with Gasteiger partial charge >= 0.3 is 0 Å². The molecule has 0 aromatic carbocycles. The zero-order valence-electron chi connectivity index (χ0n) is 8.13. The molecule has 0 amide bonds. The fraction of sp³-hybridized carbons (Fsp3) is 0.600. The predicted molar refractivity (Wildman–Crippen MR) is 50.1 cm³/mol. The summed E-state index contributed by atoms with van der Waals surface area (Å²) in [7, 11) is 0. The van der Waals surface area contributed by atoms with Crippen molar-refractivity contribution >= 4 is 0 Å². The molecule has 0 aliphatic rings. The number of aryl methyl sites for hydroxylation is 1. The Bertz CT molecular complexity index is 225. The van der Waals surface area contributed by atoms with Crippen molar-refractivity contribution in [2.24, 2.45) is 0 Å². The molecule has 0 spiro atoms. The van der Waals surface area contributed by atoms with Gasteiger partial charge in [0.2, 0.25) is 0 Å². The minimum Gasteiger partial charge on any atom is -0.465 e. The molecular weight excluding hydrogens is 150 g/mol. The highest BCUT2D eigenvalue weighted by Crippen LogP contribution is 2.08. The van der Waals surface area contributed by atoms with Crippen LogP contribution < -0.4 is 0 Å². The van der Waals surface area contributed by atoms with Gasteiger partial charge in [-0.2, -0.15) is 0 Å². The van der Waals surface area contributed by atoms with Crippen LogP contribution in [-0.4, -0.2) is 18.0 Å². The van der Waals surface area contributed by atoms with E-state index in [1.54, 1.807) is 0 Å². The summed E-state index contributed by atoms with van der Waals surface area (Å²) in [6.07, 6.45) is 0. The average Bonchev–Trinajstić information content (AvgIpc) is 2.47. The van der Waals surface area contributed by atoms with E-state index in [0.29, 0.717) is 0 Å². The second-order valence-electron chi connectivity index (χ2n) is 2.97. The molecular formula is C10H17NO. The first kappa shape index (κ1) is 9.33. The van der Waals surface area contributed by atoms with Gasteiger partial charge in [0.05, 0.1) is 6.54 Å². The summed E-state index contributed by atoms with van der Waals surface area (Å²) < 4.78 is 5.48. The zero-order chi connectivity index (χ0) is 8.97. The lowest BCUT2D eigenvalue weighted by Gasteiger charge is -2.15. The molecule has 2 nitrogen and oxygen atoms in total. The molecule has 0 radical (unpaired) electrons. The summed E-state index contributed by atoms with van der Waals surface area (Å²) in [6.45, 7) is 9.40. The lowest BCUT2D eigenvalue weighted by Crippen LogP contribution is -2.21. The van der Waals surface area contributed by atoms with E-state index in [-0.39, 0.29) is 0 Å². The van der Waals surface area contributed by atoms with Gasteiger partial charge in [-0.3, -0.25) is 4.90 Å². The van der Waals surface area contributed by atoms with Crippen LogP contribution in [0.5, 0.6) is 0 Å². The molecule has 12 heavy (non-hydrogen) atoms. The number of rotatable bonds is 4. The number of hydrogen-bond acceptors (Lipinski definition) is 2. The van der Waals surface area contributed by atoms with Crippen LogP contribution in [0, 0.1) is 6.92 Å². The SMILES string of the molecule is CCN(CC)Cc1ccc(C)o1. The van der Waals surface area contributed by atoms with Crippen molar-refractivity contribution < 1.29 is 4.42 Å². The van der Waals surface area contributed by atoms with Gasteiger partial charge in [0, 0.05) is 0 Å². The van der Waals surface area contributed by atoms with Crippen LogP contribution in [0.15, 0.2) is 16.5 Å². The van der Waals surface area contributed by atoms with Crippen molar-refractivity contribution in [1.29, 1.82) is 0 Å². The van der Waals surface area contributed by atoms with E-state index >= 15 is 0 Å². The lowest BCUT2D eigenvalue weighted by molar-refractivity contribution is 0.267. The lowest BCUT2D eigenvalue weighted by atomic mass is 10.4. The van der Waals surface area contributed by atoms with Crippen LogP contribution in [-0.2, 0) is 6.54 Å². The van der Waals surface area contributed by atoms with Crippen LogP contribution in [0.4, 0.5) is 0 Å². The molecule has 0 unspecified atom stereocenters. The number of hydrogen-bond donors (Lipinski definition) is 0. The van der Waals surface area contributed by atoms with Gasteiger partial charge in [-0.15, -0.1) is 0 Å². The topological polar surface area (TPSA) is 16.4 Å². The largest absolute Gasteiger partial charge is 0.465 e. The summed E-state index contributed by atoms with van der Waals surface area (Å²) in [5.74, 6) is 2.06. The second kappa shape index (κ2) is 4.31. The molecule has 2 heteroatoms. The van der Waals surface area contributed by atoms with Crippen molar-refractivity contribution in [3.8, 4) is 0 Å². The Kier molecular flexibility index (Phi) is 3.35. The highest BCUT2D eigenvalue weighted by atomic mass is 16.3. The Hall–Kier alpha value is -0.760. The maximum Gasteiger partial charge on any atom is 0.118 e. The van der Waals surface area contributed by atoms with Crippen LogP contribution in [0.25, 0.3) is 0 Å². The first-order valence-corrected chi connectivity index (χ1v) is 4.54. The van der Waals surface area contributed by atoms with E-state index in [1.807, 2.05) is 19.1 Å². The summed E-state index contributed by atoms with van der Waals surface area (Å²) >= 11 is 0. The van der Waals surface area contributed by atoms with Crippen molar-refractivity contribution in [2.75, 3.05) is 13.1 Å². The van der Waals surface area contributed by atoms with Gasteiger partial charge in [-0.25, -0.2) is 0 Å². The Morgan fingerprint density at radius 2 is 1.92 bits per heavy atom. The quantitative estimate of drug-likeness (QED) is 0.684. The van der Waals surface area contributed by atoms with Crippen molar-refractivity contribution in [3.05, 3.63) is 23.7 Å². The monoisotopic (exact) mass is 167 g/mol. The van der Waals surface area contributed by atoms with Gasteiger partial charge in [0.1, 0.15) is 11.5 Å². The molecule has 1 aromatic heterocycles. The van der Waals surface area contributed by atoms with E-state index in [4.69, 9.17) is 4.42 Å². The first-order valence-electron chi connectivity index (χ1n) is 4.54. The highest BCUT2D eigenvalue weighted by molar-refractivity contribution is 5.05. The maximum absolute atomic E-state index is 5.48. The average molecular weight is 167 g/mol. The molecule has 0 aliphatic heterocycles. The van der Waals surface area contributed by atoms with Crippen LogP contribution >= 0.6 is 0 Å². The fourth-order valence-corrected chi connectivity index (χ4v) is 1.24. The Labute approximate surface area is 74.2 Å². The molecule has 0 saturated carbocycles. The second-order valence-corrected chi connectivity index (χ2v) is 2.97. The fourth-order valence-electron chi connectivity index (χ4n) is 1.24. The zero-order valence-corrected chi connectivity index (χ0v) is 8.13. The Balaban J connectivity index is 2.50. The minimum absolute atomic E-state index is 0.931.